The number of anilines is 1. The van der Waals surface area contributed by atoms with Crippen LogP contribution in [0.2, 0.25) is 0 Å². The van der Waals surface area contributed by atoms with Gasteiger partial charge in [-0.05, 0) is 30.7 Å². The minimum absolute atomic E-state index is 0.284. The molecule has 4 heterocycles. The van der Waals surface area contributed by atoms with Gasteiger partial charge in [0, 0.05) is 30.5 Å². The van der Waals surface area contributed by atoms with Crippen LogP contribution in [0.4, 0.5) is 5.69 Å². The molecule has 0 spiro atoms. The summed E-state index contributed by atoms with van der Waals surface area (Å²) in [7, 11) is -1.93. The molecule has 2 aliphatic rings. The van der Waals surface area contributed by atoms with Gasteiger partial charge in [-0.2, -0.15) is 13.5 Å². The number of aromatic nitrogens is 2. The highest BCUT2D eigenvalue weighted by atomic mass is 32.2. The average Bonchev–Trinajstić information content (AvgIpc) is 3.05. The van der Waals surface area contributed by atoms with E-state index < -0.39 is 10.0 Å². The van der Waals surface area contributed by atoms with E-state index in [2.05, 4.69) is 5.10 Å². The number of sulfonamides is 1. The van der Waals surface area contributed by atoms with Gasteiger partial charge in [0.1, 0.15) is 0 Å². The van der Waals surface area contributed by atoms with Crippen molar-refractivity contribution in [1.82, 2.24) is 9.78 Å². The van der Waals surface area contributed by atoms with Gasteiger partial charge in [0.25, 0.3) is 10.0 Å². The Kier molecular flexibility index (Phi) is 3.70. The van der Waals surface area contributed by atoms with Crippen molar-refractivity contribution in [3.8, 4) is 0 Å². The van der Waals surface area contributed by atoms with Gasteiger partial charge in [-0.3, -0.25) is 8.99 Å². The summed E-state index contributed by atoms with van der Waals surface area (Å²) in [5, 5.41) is 6.67. The maximum atomic E-state index is 13.4. The van der Waals surface area contributed by atoms with Gasteiger partial charge in [0.2, 0.25) is 0 Å². The van der Waals surface area contributed by atoms with Crippen LogP contribution in [0.25, 0.3) is 0 Å². The standard InChI is InChI=1S/C15H19N3O3S2/c1-17-15(11-10-21-8-5-12(11)16-17)23(19,20)18-7-3-2-4-14-13(18)6-9-22-14/h6,9H,2-5,7-8,10H2,1H3. The second-order valence-electron chi connectivity index (χ2n) is 5.92. The molecule has 8 heteroatoms. The van der Waals surface area contributed by atoms with Crippen molar-refractivity contribution in [1.29, 1.82) is 0 Å². The van der Waals surface area contributed by atoms with E-state index in [9.17, 15) is 8.42 Å². The third-order valence-electron chi connectivity index (χ3n) is 4.44. The van der Waals surface area contributed by atoms with Crippen LogP contribution in [0.15, 0.2) is 16.5 Å². The lowest BCUT2D eigenvalue weighted by Crippen LogP contribution is -2.33. The largest absolute Gasteiger partial charge is 0.376 e. The Morgan fingerprint density at radius 1 is 1.30 bits per heavy atom. The lowest BCUT2D eigenvalue weighted by atomic mass is 10.2. The van der Waals surface area contributed by atoms with Crippen molar-refractivity contribution >= 4 is 27.0 Å². The van der Waals surface area contributed by atoms with Gasteiger partial charge in [-0.25, -0.2) is 0 Å². The number of fused-ring (bicyclic) bond motifs is 2. The van der Waals surface area contributed by atoms with E-state index >= 15 is 0 Å². The molecular formula is C15H19N3O3S2. The highest BCUT2D eigenvalue weighted by Crippen LogP contribution is 2.36. The molecule has 2 aliphatic heterocycles. The minimum Gasteiger partial charge on any atom is -0.376 e. The zero-order chi connectivity index (χ0) is 16.0. The van der Waals surface area contributed by atoms with E-state index in [0.717, 1.165) is 41.1 Å². The van der Waals surface area contributed by atoms with Gasteiger partial charge in [0.15, 0.2) is 5.03 Å². The first-order valence-corrected chi connectivity index (χ1v) is 10.1. The maximum Gasteiger partial charge on any atom is 0.281 e. The van der Waals surface area contributed by atoms with Crippen molar-refractivity contribution in [2.75, 3.05) is 17.5 Å². The zero-order valence-electron chi connectivity index (χ0n) is 13.0. The molecule has 0 aliphatic carbocycles. The van der Waals surface area contributed by atoms with Crippen LogP contribution in [0.1, 0.15) is 29.0 Å². The Balaban J connectivity index is 1.85. The summed E-state index contributed by atoms with van der Waals surface area (Å²) in [5.41, 5.74) is 2.40. The third-order valence-corrected chi connectivity index (χ3v) is 7.37. The fourth-order valence-corrected chi connectivity index (χ4v) is 6.23. The molecule has 0 saturated carbocycles. The summed E-state index contributed by atoms with van der Waals surface area (Å²) in [4.78, 5) is 1.15. The first-order chi connectivity index (χ1) is 11.1. The first kappa shape index (κ1) is 15.2. The molecule has 0 bridgehead atoms. The van der Waals surface area contributed by atoms with E-state index in [4.69, 9.17) is 4.74 Å². The van der Waals surface area contributed by atoms with Crippen LogP contribution in [0.5, 0.6) is 0 Å². The van der Waals surface area contributed by atoms with E-state index in [1.54, 1.807) is 22.7 Å². The van der Waals surface area contributed by atoms with Gasteiger partial charge in [-0.1, -0.05) is 0 Å². The summed E-state index contributed by atoms with van der Waals surface area (Å²) >= 11 is 1.64. The molecule has 0 amide bonds. The minimum atomic E-state index is -3.64. The Labute approximate surface area is 139 Å². The summed E-state index contributed by atoms with van der Waals surface area (Å²) in [6, 6.07) is 1.92. The zero-order valence-corrected chi connectivity index (χ0v) is 14.6. The van der Waals surface area contributed by atoms with Crippen molar-refractivity contribution < 1.29 is 13.2 Å². The normalized spacial score (nSPS) is 18.4. The second kappa shape index (κ2) is 5.61. The molecule has 124 valence electrons. The summed E-state index contributed by atoms with van der Waals surface area (Å²) in [6.45, 7) is 1.44. The van der Waals surface area contributed by atoms with Crippen molar-refractivity contribution in [3.05, 3.63) is 27.6 Å². The number of thiophene rings is 1. The van der Waals surface area contributed by atoms with E-state index in [1.165, 1.54) is 4.68 Å². The molecule has 2 aromatic heterocycles. The van der Waals surface area contributed by atoms with E-state index in [1.807, 2.05) is 11.4 Å². The fraction of sp³-hybridized carbons (Fsp3) is 0.533. The van der Waals surface area contributed by atoms with Crippen LogP contribution >= 0.6 is 11.3 Å². The lowest BCUT2D eigenvalue weighted by molar-refractivity contribution is 0.108. The topological polar surface area (TPSA) is 64.4 Å². The molecule has 0 N–H and O–H groups in total. The average molecular weight is 353 g/mol. The van der Waals surface area contributed by atoms with Crippen molar-refractivity contribution in [2.24, 2.45) is 7.05 Å². The molecule has 0 radical (unpaired) electrons. The van der Waals surface area contributed by atoms with Gasteiger partial charge in [0.05, 0.1) is 24.6 Å². The molecule has 4 rings (SSSR count). The molecule has 2 aromatic rings. The Morgan fingerprint density at radius 2 is 2.17 bits per heavy atom. The van der Waals surface area contributed by atoms with E-state index in [-0.39, 0.29) is 5.03 Å². The Hall–Kier alpha value is -1.38. The monoisotopic (exact) mass is 353 g/mol. The quantitative estimate of drug-likeness (QED) is 0.829. The first-order valence-electron chi connectivity index (χ1n) is 7.80. The van der Waals surface area contributed by atoms with Crippen LogP contribution in [-0.2, 0) is 41.3 Å². The summed E-state index contributed by atoms with van der Waals surface area (Å²) in [6.07, 6.45) is 3.51. The Morgan fingerprint density at radius 3 is 3.04 bits per heavy atom. The van der Waals surface area contributed by atoms with Gasteiger partial charge in [-0.15, -0.1) is 11.3 Å². The van der Waals surface area contributed by atoms with Crippen LogP contribution < -0.4 is 4.31 Å². The number of hydrogen-bond donors (Lipinski definition) is 0. The molecular weight excluding hydrogens is 334 g/mol. The molecule has 23 heavy (non-hydrogen) atoms. The molecule has 6 nitrogen and oxygen atoms in total. The fourth-order valence-electron chi connectivity index (χ4n) is 3.38. The third kappa shape index (κ3) is 2.40. The number of ether oxygens (including phenoxy) is 1. The molecule has 0 aromatic carbocycles. The van der Waals surface area contributed by atoms with Gasteiger partial charge < -0.3 is 4.74 Å². The van der Waals surface area contributed by atoms with Crippen LogP contribution in [0.3, 0.4) is 0 Å². The van der Waals surface area contributed by atoms with Gasteiger partial charge >= 0.3 is 0 Å². The SMILES string of the molecule is Cn1nc2c(c1S(=O)(=O)N1CCCCc3sccc31)COCC2. The van der Waals surface area contributed by atoms with Crippen molar-refractivity contribution in [3.63, 3.8) is 0 Å². The summed E-state index contributed by atoms with van der Waals surface area (Å²) < 4.78 is 35.3. The highest BCUT2D eigenvalue weighted by Gasteiger charge is 2.35. The lowest BCUT2D eigenvalue weighted by Gasteiger charge is -2.24. The number of nitrogens with zero attached hydrogens (tertiary/aromatic N) is 3. The predicted octanol–water partition coefficient (Wildman–Crippen LogP) is 2.09. The smallest absolute Gasteiger partial charge is 0.281 e. The predicted molar refractivity (Wildman–Crippen MR) is 88.4 cm³/mol. The second-order valence-corrected chi connectivity index (χ2v) is 8.70. The van der Waals surface area contributed by atoms with Crippen molar-refractivity contribution in [2.45, 2.75) is 37.3 Å². The maximum absolute atomic E-state index is 13.4. The molecule has 0 unspecified atom stereocenters. The van der Waals surface area contributed by atoms with Crippen LogP contribution in [-0.4, -0.2) is 31.3 Å². The number of hydrogen-bond acceptors (Lipinski definition) is 5. The molecule has 0 saturated heterocycles. The number of rotatable bonds is 2. The number of aryl methyl sites for hydroxylation is 2. The summed E-state index contributed by atoms with van der Waals surface area (Å²) in [5.74, 6) is 0. The molecule has 0 atom stereocenters. The highest BCUT2D eigenvalue weighted by molar-refractivity contribution is 7.92. The van der Waals surface area contributed by atoms with Crippen LogP contribution in [0, 0.1) is 0 Å². The Bertz CT molecular complexity index is 838. The molecule has 0 fully saturated rings. The van der Waals surface area contributed by atoms with E-state index in [0.29, 0.717) is 26.2 Å².